The van der Waals surface area contributed by atoms with Gasteiger partial charge in [-0.1, -0.05) is 0 Å². The van der Waals surface area contributed by atoms with Crippen LogP contribution in [0.5, 0.6) is 0 Å². The average molecular weight is 370 g/mol. The van der Waals surface area contributed by atoms with Gasteiger partial charge in [-0.3, -0.25) is 19.2 Å². The molecule has 134 valence electrons. The molecule has 23 heavy (non-hydrogen) atoms. The fourth-order valence-electron chi connectivity index (χ4n) is 1.91. The number of carboxylic acid groups (broad SMARTS) is 4. The fourth-order valence-corrected chi connectivity index (χ4v) is 1.91. The Labute approximate surface area is 163 Å². The van der Waals surface area contributed by atoms with Crippen LogP contribution in [0.3, 0.4) is 0 Å². The van der Waals surface area contributed by atoms with Crippen LogP contribution in [-0.4, -0.2) is 104 Å². The second-order valence-corrected chi connectivity index (χ2v) is 4.59. The van der Waals surface area contributed by atoms with E-state index in [1.165, 1.54) is 0 Å². The van der Waals surface area contributed by atoms with E-state index in [0.29, 0.717) is 0 Å². The Kier molecular flexibility index (Phi) is 15.0. The van der Waals surface area contributed by atoms with Gasteiger partial charge in [-0.2, -0.15) is 0 Å². The minimum Gasteiger partial charge on any atom is -1.00 e. The summed E-state index contributed by atoms with van der Waals surface area (Å²) in [6.07, 6.45) is -3.90. The van der Waals surface area contributed by atoms with E-state index in [1.807, 2.05) is 0 Å². The topological polar surface area (TPSA) is 264 Å². The van der Waals surface area contributed by atoms with Crippen LogP contribution in [0.15, 0.2) is 0 Å². The van der Waals surface area contributed by atoms with Crippen LogP contribution in [0.1, 0.15) is 28.5 Å². The Balaban J connectivity index is -0.000000180. The molecule has 0 saturated carbocycles. The van der Waals surface area contributed by atoms with Crippen LogP contribution in [0.4, 0.5) is 0 Å². The summed E-state index contributed by atoms with van der Waals surface area (Å²) < 4.78 is 0. The molecule has 0 aliphatic heterocycles. The van der Waals surface area contributed by atoms with Gasteiger partial charge in [0.2, 0.25) is 0 Å². The second kappa shape index (κ2) is 11.5. The number of carboxylic acids is 4. The summed E-state index contributed by atoms with van der Waals surface area (Å²) >= 11 is 0. The van der Waals surface area contributed by atoms with Crippen molar-refractivity contribution >= 4 is 61.6 Å². The van der Waals surface area contributed by atoms with E-state index in [2.05, 4.69) is 0 Å². The van der Waals surface area contributed by atoms with Crippen molar-refractivity contribution < 1.29 is 53.4 Å². The zero-order valence-electron chi connectivity index (χ0n) is 14.1. The van der Waals surface area contributed by atoms with Crippen molar-refractivity contribution in [2.75, 3.05) is 0 Å². The normalized spacial score (nSPS) is 10.3. The number of rotatable bonds is 9. The first kappa shape index (κ1) is 29.9. The van der Waals surface area contributed by atoms with Crippen molar-refractivity contribution in [1.82, 2.24) is 0 Å². The van der Waals surface area contributed by atoms with Gasteiger partial charge in [0.05, 0.1) is 36.8 Å². The molecular weight excluding hydrogens is 348 g/mol. The molecule has 0 spiro atoms. The molecular formula is C10H22CaN2O10. The molecule has 0 aromatic rings. The molecule has 0 fully saturated rings. The molecule has 0 aromatic carbocycles. The summed E-state index contributed by atoms with van der Waals surface area (Å²) in [6.45, 7) is 0. The van der Waals surface area contributed by atoms with Gasteiger partial charge in [-0.25, -0.2) is 0 Å². The number of carbonyl (C=O) groups is 4. The standard InChI is InChI=1S/C10H16N2O8.Ca.2H2O.2H/c11-9(1-5(13)14,2-6(15)16)10(12,3-7(17)18)4-8(19)20;;;;;/h1-4,11-12H2,(H,13,14)(H,15,16)(H,17,18)(H,19,20);;2*1H2;;/q;+2;;;2*-1. The van der Waals surface area contributed by atoms with Crippen LogP contribution in [0.2, 0.25) is 0 Å². The van der Waals surface area contributed by atoms with Crippen molar-refractivity contribution in [3.8, 4) is 0 Å². The maximum Gasteiger partial charge on any atom is 2.00 e. The van der Waals surface area contributed by atoms with Crippen molar-refractivity contribution in [2.45, 2.75) is 36.8 Å². The third-order valence-corrected chi connectivity index (χ3v) is 2.86. The molecule has 0 aliphatic carbocycles. The quantitative estimate of drug-likeness (QED) is 0.218. The second-order valence-electron chi connectivity index (χ2n) is 4.59. The van der Waals surface area contributed by atoms with Gasteiger partial charge in [0.15, 0.2) is 0 Å². The third kappa shape index (κ3) is 9.65. The van der Waals surface area contributed by atoms with E-state index in [1.54, 1.807) is 0 Å². The Morgan fingerprint density at radius 1 is 0.652 bits per heavy atom. The Hall–Kier alpha value is -1.02. The van der Waals surface area contributed by atoms with Crippen molar-refractivity contribution in [2.24, 2.45) is 11.5 Å². The monoisotopic (exact) mass is 370 g/mol. The molecule has 0 rings (SSSR count). The van der Waals surface area contributed by atoms with E-state index in [-0.39, 0.29) is 51.5 Å². The maximum atomic E-state index is 10.8. The molecule has 0 saturated heterocycles. The summed E-state index contributed by atoms with van der Waals surface area (Å²) in [5.74, 6) is -6.06. The smallest absolute Gasteiger partial charge is 1.00 e. The van der Waals surface area contributed by atoms with E-state index in [0.717, 1.165) is 0 Å². The van der Waals surface area contributed by atoms with Gasteiger partial charge < -0.3 is 45.7 Å². The molecule has 0 aliphatic rings. The molecule has 0 unspecified atom stereocenters. The van der Waals surface area contributed by atoms with Crippen molar-refractivity contribution in [1.29, 1.82) is 0 Å². The zero-order valence-corrected chi connectivity index (χ0v) is 14.3. The third-order valence-electron chi connectivity index (χ3n) is 2.86. The fraction of sp³-hybridized carbons (Fsp3) is 0.600. The van der Waals surface area contributed by atoms with E-state index in [4.69, 9.17) is 31.9 Å². The number of hydrogen-bond donors (Lipinski definition) is 6. The molecule has 0 amide bonds. The number of aliphatic carboxylic acids is 4. The minimum absolute atomic E-state index is 0. The minimum atomic E-state index is -2.22. The predicted octanol–water partition coefficient (Wildman–Crippen LogP) is -3.52. The van der Waals surface area contributed by atoms with E-state index >= 15 is 0 Å². The SMILES string of the molecule is NC(CC(=O)O)(CC(=O)O)C(N)(CC(=O)O)CC(=O)O.O.O.[Ca+2].[H-].[H-]. The van der Waals surface area contributed by atoms with E-state index < -0.39 is 60.6 Å². The van der Waals surface area contributed by atoms with Gasteiger partial charge in [0.1, 0.15) is 0 Å². The molecule has 0 atom stereocenters. The van der Waals surface area contributed by atoms with Crippen LogP contribution in [0.25, 0.3) is 0 Å². The summed E-state index contributed by atoms with van der Waals surface area (Å²) in [6, 6.07) is 0. The molecule has 12 nitrogen and oxygen atoms in total. The van der Waals surface area contributed by atoms with Crippen molar-refractivity contribution in [3.05, 3.63) is 0 Å². The maximum absolute atomic E-state index is 10.8. The summed E-state index contributed by atoms with van der Waals surface area (Å²) in [7, 11) is 0. The number of nitrogens with two attached hydrogens (primary N) is 2. The first-order chi connectivity index (χ1) is 8.92. The molecule has 0 bridgehead atoms. The predicted molar refractivity (Wildman–Crippen MR) is 78.1 cm³/mol. The summed E-state index contributed by atoms with van der Waals surface area (Å²) in [5.41, 5.74) is 6.88. The average Bonchev–Trinajstić information content (AvgIpc) is 2.10. The molecule has 13 heteroatoms. The Bertz CT molecular complexity index is 379. The molecule has 0 heterocycles. The largest absolute Gasteiger partial charge is 2.00 e. The van der Waals surface area contributed by atoms with Crippen LogP contribution in [0, 0.1) is 0 Å². The van der Waals surface area contributed by atoms with Gasteiger partial charge in [0.25, 0.3) is 0 Å². The molecule has 0 aromatic heterocycles. The van der Waals surface area contributed by atoms with Gasteiger partial charge >= 0.3 is 61.6 Å². The van der Waals surface area contributed by atoms with Crippen LogP contribution >= 0.6 is 0 Å². The first-order valence-electron chi connectivity index (χ1n) is 5.37. The van der Waals surface area contributed by atoms with Gasteiger partial charge in [0, 0.05) is 0 Å². The molecule has 0 radical (unpaired) electrons. The Morgan fingerprint density at radius 3 is 0.870 bits per heavy atom. The summed E-state index contributed by atoms with van der Waals surface area (Å²) in [4.78, 5) is 43.2. The van der Waals surface area contributed by atoms with Crippen molar-refractivity contribution in [3.63, 3.8) is 0 Å². The van der Waals surface area contributed by atoms with Crippen LogP contribution in [-0.2, 0) is 19.2 Å². The van der Waals surface area contributed by atoms with Gasteiger partial charge in [-0.05, 0) is 0 Å². The first-order valence-corrected chi connectivity index (χ1v) is 5.37. The number of hydrogen-bond acceptors (Lipinski definition) is 6. The van der Waals surface area contributed by atoms with Crippen LogP contribution < -0.4 is 11.5 Å². The van der Waals surface area contributed by atoms with Gasteiger partial charge in [-0.15, -0.1) is 0 Å². The molecule has 12 N–H and O–H groups in total. The Morgan fingerprint density at radius 2 is 0.783 bits per heavy atom. The summed E-state index contributed by atoms with van der Waals surface area (Å²) in [5, 5.41) is 35.1. The zero-order chi connectivity index (χ0) is 16.1. The van der Waals surface area contributed by atoms with E-state index in [9.17, 15) is 19.2 Å².